The van der Waals surface area contributed by atoms with E-state index in [-0.39, 0.29) is 23.6 Å². The predicted molar refractivity (Wildman–Crippen MR) is 103 cm³/mol. The monoisotopic (exact) mass is 395 g/mol. The molecule has 0 radical (unpaired) electrons. The van der Waals surface area contributed by atoms with Crippen molar-refractivity contribution >= 4 is 23.6 Å². The van der Waals surface area contributed by atoms with Gasteiger partial charge in [-0.25, -0.2) is 4.79 Å². The Balaban J connectivity index is 1.43. The molecule has 3 fully saturated rings. The third-order valence-corrected chi connectivity index (χ3v) is 8.14. The number of nitrogens with two attached hydrogens (primary N) is 1. The molecule has 0 bridgehead atoms. The number of aliphatic hydroxyl groups excluding tert-OH is 1. The normalized spacial score (nSPS) is 38.4. The molecule has 27 heavy (non-hydrogen) atoms. The van der Waals surface area contributed by atoms with Crippen molar-refractivity contribution in [2.45, 2.75) is 69.0 Å². The van der Waals surface area contributed by atoms with Crippen LogP contribution in [-0.2, 0) is 9.59 Å². The van der Waals surface area contributed by atoms with E-state index in [0.717, 1.165) is 30.8 Å². The van der Waals surface area contributed by atoms with Crippen LogP contribution in [0.3, 0.4) is 0 Å². The predicted octanol–water partition coefficient (Wildman–Crippen LogP) is 0.827. The van der Waals surface area contributed by atoms with Gasteiger partial charge in [-0.2, -0.15) is 0 Å². The molecule has 4 N–H and O–H groups in total. The number of β-lactam (4-membered cyclic amide) rings is 1. The number of amides is 1. The zero-order valence-corrected chi connectivity index (χ0v) is 16.7. The van der Waals surface area contributed by atoms with Crippen molar-refractivity contribution in [2.24, 2.45) is 17.6 Å². The molecule has 1 unspecified atom stereocenters. The molecule has 1 saturated carbocycles. The minimum Gasteiger partial charge on any atom is -0.477 e. The van der Waals surface area contributed by atoms with Crippen molar-refractivity contribution in [3.63, 3.8) is 0 Å². The lowest BCUT2D eigenvalue weighted by Crippen LogP contribution is -2.63. The first kappa shape index (κ1) is 19.2. The van der Waals surface area contributed by atoms with Gasteiger partial charge in [-0.15, -0.1) is 11.8 Å². The van der Waals surface area contributed by atoms with Crippen molar-refractivity contribution in [1.29, 1.82) is 0 Å². The molecule has 0 aromatic heterocycles. The molecule has 6 atom stereocenters. The van der Waals surface area contributed by atoms with Gasteiger partial charge in [0.15, 0.2) is 0 Å². The molecule has 8 heteroatoms. The minimum atomic E-state index is -1.04. The van der Waals surface area contributed by atoms with Gasteiger partial charge in [0.2, 0.25) is 5.91 Å². The van der Waals surface area contributed by atoms with Gasteiger partial charge in [0, 0.05) is 41.2 Å². The second-order valence-corrected chi connectivity index (χ2v) is 9.89. The molecule has 2 saturated heterocycles. The Labute approximate surface area is 163 Å². The summed E-state index contributed by atoms with van der Waals surface area (Å²) >= 11 is 1.62. The summed E-state index contributed by atoms with van der Waals surface area (Å²) in [7, 11) is 0. The van der Waals surface area contributed by atoms with E-state index in [0.29, 0.717) is 17.3 Å². The fraction of sp³-hybridized carbons (Fsp3) is 0.789. The highest BCUT2D eigenvalue weighted by molar-refractivity contribution is 8.03. The van der Waals surface area contributed by atoms with Gasteiger partial charge in [-0.3, -0.25) is 9.69 Å². The van der Waals surface area contributed by atoms with Crippen molar-refractivity contribution in [3.8, 4) is 0 Å². The van der Waals surface area contributed by atoms with E-state index in [1.807, 2.05) is 6.92 Å². The van der Waals surface area contributed by atoms with Gasteiger partial charge >= 0.3 is 5.97 Å². The van der Waals surface area contributed by atoms with Crippen molar-refractivity contribution < 1.29 is 19.8 Å². The number of rotatable bonds is 5. The summed E-state index contributed by atoms with van der Waals surface area (Å²) in [4.78, 5) is 28.9. The van der Waals surface area contributed by atoms with Gasteiger partial charge in [0.05, 0.1) is 18.1 Å². The molecule has 4 rings (SSSR count). The van der Waals surface area contributed by atoms with Crippen molar-refractivity contribution in [1.82, 2.24) is 9.80 Å². The van der Waals surface area contributed by atoms with E-state index in [1.54, 1.807) is 18.7 Å². The quantitative estimate of drug-likeness (QED) is 0.592. The summed E-state index contributed by atoms with van der Waals surface area (Å²) in [6, 6.07) is 0.637. The standard InChI is InChI=1S/C19H29N3O4S/c1-9-15-14(10(2)23)18(24)22(15)16(19(25)26)17(9)27-13-7-21(8-13)12-5-3-4-11(20)6-12/h9-15,23H,3-8,20H2,1-2H3,(H,25,26)/t9-,10?,11-,12-,14-,15-/m1/s1. The van der Waals surface area contributed by atoms with Crippen molar-refractivity contribution in [2.75, 3.05) is 13.1 Å². The Morgan fingerprint density at radius 3 is 2.63 bits per heavy atom. The third kappa shape index (κ3) is 3.10. The highest BCUT2D eigenvalue weighted by Gasteiger charge is 2.60. The highest BCUT2D eigenvalue weighted by atomic mass is 32.2. The maximum atomic E-state index is 12.4. The summed E-state index contributed by atoms with van der Waals surface area (Å²) in [6.45, 7) is 5.48. The molecule has 3 heterocycles. The molecule has 0 aromatic carbocycles. The SMILES string of the molecule is CC(O)[C@H]1C(=O)N2C(C(=O)O)=C(SC3CN([C@@H]4CCC[C@@H](N)C4)C3)[C@H](C)[C@H]12. The maximum absolute atomic E-state index is 12.4. The molecule has 1 amide bonds. The third-order valence-electron chi connectivity index (χ3n) is 6.68. The Morgan fingerprint density at radius 2 is 2.04 bits per heavy atom. The number of thioether (sulfide) groups is 1. The van der Waals surface area contributed by atoms with E-state index < -0.39 is 18.0 Å². The number of carboxylic acid groups (broad SMARTS) is 1. The number of hydrogen-bond acceptors (Lipinski definition) is 6. The summed E-state index contributed by atoms with van der Waals surface area (Å²) in [6.07, 6.45) is 3.80. The topological polar surface area (TPSA) is 107 Å². The first-order valence-electron chi connectivity index (χ1n) is 9.94. The van der Waals surface area contributed by atoms with Crippen LogP contribution in [0.25, 0.3) is 0 Å². The Morgan fingerprint density at radius 1 is 1.33 bits per heavy atom. The number of carbonyl (C=O) groups excluding carboxylic acids is 1. The number of carbonyl (C=O) groups is 2. The summed E-state index contributed by atoms with van der Waals surface area (Å²) < 4.78 is 0. The number of fused-ring (bicyclic) bond motifs is 1. The number of carboxylic acids is 1. The molecule has 0 spiro atoms. The van der Waals surface area contributed by atoms with E-state index in [2.05, 4.69) is 4.90 Å². The molecule has 3 aliphatic heterocycles. The molecule has 7 nitrogen and oxygen atoms in total. The molecular formula is C19H29N3O4S. The largest absolute Gasteiger partial charge is 0.477 e. The van der Waals surface area contributed by atoms with Crippen LogP contribution in [0.15, 0.2) is 10.6 Å². The first-order chi connectivity index (χ1) is 12.8. The van der Waals surface area contributed by atoms with E-state index in [1.165, 1.54) is 17.7 Å². The van der Waals surface area contributed by atoms with Crippen LogP contribution in [0, 0.1) is 11.8 Å². The van der Waals surface area contributed by atoms with E-state index >= 15 is 0 Å². The Hall–Kier alpha value is -1.09. The lowest BCUT2D eigenvalue weighted by Gasteiger charge is -2.47. The summed E-state index contributed by atoms with van der Waals surface area (Å²) in [5.74, 6) is -1.84. The molecule has 1 aliphatic carbocycles. The van der Waals surface area contributed by atoms with Crippen LogP contribution in [0.1, 0.15) is 39.5 Å². The van der Waals surface area contributed by atoms with Crippen LogP contribution in [0.5, 0.6) is 0 Å². The zero-order valence-electron chi connectivity index (χ0n) is 15.9. The van der Waals surface area contributed by atoms with Gasteiger partial charge in [-0.05, 0) is 26.2 Å². The van der Waals surface area contributed by atoms with Crippen LogP contribution < -0.4 is 5.73 Å². The molecule has 0 aromatic rings. The number of likely N-dealkylation sites (tertiary alicyclic amines) is 1. The second kappa shape index (κ2) is 7.06. The average molecular weight is 396 g/mol. The summed E-state index contributed by atoms with van der Waals surface area (Å²) in [5.41, 5.74) is 6.24. The second-order valence-electron chi connectivity index (χ2n) is 8.55. The Kier molecular flexibility index (Phi) is 5.03. The zero-order chi connectivity index (χ0) is 19.5. The van der Waals surface area contributed by atoms with Crippen molar-refractivity contribution in [3.05, 3.63) is 10.6 Å². The number of nitrogens with zero attached hydrogens (tertiary/aromatic N) is 2. The molecule has 150 valence electrons. The smallest absolute Gasteiger partial charge is 0.353 e. The fourth-order valence-electron chi connectivity index (χ4n) is 5.23. The van der Waals surface area contributed by atoms with Gasteiger partial charge in [-0.1, -0.05) is 13.3 Å². The van der Waals surface area contributed by atoms with Crippen LogP contribution >= 0.6 is 11.8 Å². The lowest BCUT2D eigenvalue weighted by atomic mass is 9.79. The highest BCUT2D eigenvalue weighted by Crippen LogP contribution is 2.52. The minimum absolute atomic E-state index is 0.0458. The van der Waals surface area contributed by atoms with Gasteiger partial charge < -0.3 is 20.8 Å². The number of aliphatic carboxylic acids is 1. The molecular weight excluding hydrogens is 366 g/mol. The number of aliphatic hydroxyl groups is 1. The first-order valence-corrected chi connectivity index (χ1v) is 10.8. The van der Waals surface area contributed by atoms with Crippen LogP contribution in [0.4, 0.5) is 0 Å². The Bertz CT molecular complexity index is 676. The van der Waals surface area contributed by atoms with Crippen LogP contribution in [-0.4, -0.2) is 74.5 Å². The van der Waals surface area contributed by atoms with Crippen LogP contribution in [0.2, 0.25) is 0 Å². The van der Waals surface area contributed by atoms with E-state index in [9.17, 15) is 19.8 Å². The lowest BCUT2D eigenvalue weighted by molar-refractivity contribution is -0.163. The van der Waals surface area contributed by atoms with Gasteiger partial charge in [0.1, 0.15) is 5.70 Å². The number of hydrogen-bond donors (Lipinski definition) is 3. The maximum Gasteiger partial charge on any atom is 0.353 e. The van der Waals surface area contributed by atoms with E-state index in [4.69, 9.17) is 5.73 Å². The average Bonchev–Trinajstić information content (AvgIpc) is 2.79. The fourth-order valence-corrected chi connectivity index (χ4v) is 6.78. The molecule has 4 aliphatic rings. The summed E-state index contributed by atoms with van der Waals surface area (Å²) in [5, 5.41) is 20.0. The van der Waals surface area contributed by atoms with Gasteiger partial charge in [0.25, 0.3) is 0 Å².